The monoisotopic (exact) mass is 880 g/mol. The molecule has 52 heavy (non-hydrogen) atoms. The third kappa shape index (κ3) is 9.25. The third-order valence-electron chi connectivity index (χ3n) is 11.0. The fourth-order valence-corrected chi connectivity index (χ4v) is 6.40. The van der Waals surface area contributed by atoms with E-state index in [-0.39, 0.29) is 47.9 Å². The minimum absolute atomic E-state index is 0. The average molecular weight is 880 g/mol. The predicted octanol–water partition coefficient (Wildman–Crippen LogP) is 12.2. The molecule has 0 spiro atoms. The summed E-state index contributed by atoms with van der Waals surface area (Å²) in [5.41, 5.74) is 6.63. The first-order valence-corrected chi connectivity index (χ1v) is 18.6. The number of aromatic nitrogens is 2. The Balaban J connectivity index is 0.000000347. The van der Waals surface area contributed by atoms with Gasteiger partial charge in [0, 0.05) is 55.6 Å². The van der Waals surface area contributed by atoms with Crippen LogP contribution in [0.4, 0.5) is 0 Å². The van der Waals surface area contributed by atoms with Gasteiger partial charge in [-0.3, -0.25) is 9.78 Å². The summed E-state index contributed by atoms with van der Waals surface area (Å²) in [5.74, 6) is 0.847. The summed E-state index contributed by atoms with van der Waals surface area (Å²) in [6.07, 6.45) is 11.5. The van der Waals surface area contributed by atoms with Gasteiger partial charge in [-0.05, 0) is 72.8 Å². The van der Waals surface area contributed by atoms with Gasteiger partial charge in [0.05, 0.1) is 12.5 Å². The number of carbonyl (C=O) groups is 1. The molecular weight excluding hydrogens is 821 g/mol. The molecule has 1 N–H and O–H groups in total. The van der Waals surface area contributed by atoms with Crippen LogP contribution in [0.15, 0.2) is 83.4 Å². The number of allylic oxidation sites excluding steroid dienone is 2. The van der Waals surface area contributed by atoms with Crippen molar-refractivity contribution in [1.29, 1.82) is 0 Å². The number of aliphatic hydroxyl groups excluding tert-OH is 1. The fourth-order valence-electron chi connectivity index (χ4n) is 6.40. The second-order valence-corrected chi connectivity index (χ2v) is 16.0. The van der Waals surface area contributed by atoms with Gasteiger partial charge in [-0.25, -0.2) is 0 Å². The molecule has 0 atom stereocenters. The first-order chi connectivity index (χ1) is 24.0. The maximum atomic E-state index is 12.2. The van der Waals surface area contributed by atoms with E-state index in [2.05, 4.69) is 96.3 Å². The first kappa shape index (κ1) is 42.7. The normalized spacial score (nSPS) is 12.5. The summed E-state index contributed by atoms with van der Waals surface area (Å²) in [4.78, 5) is 16.9. The van der Waals surface area contributed by atoms with Gasteiger partial charge in [-0.15, -0.1) is 29.1 Å². The van der Waals surface area contributed by atoms with E-state index < -0.39 is 0 Å². The molecule has 0 amide bonds. The minimum Gasteiger partial charge on any atom is -0.512 e. The molecule has 6 heteroatoms. The number of pyridine rings is 2. The van der Waals surface area contributed by atoms with Crippen LogP contribution in [0.2, 0.25) is 0 Å². The standard InChI is InChI=1S/C31H31N2O.C15H28O2.Ir/c1-20(2)15-24-19-34-30-26(24)11-13-32-29(30)22-12-14-33(6)28(18-22)23-16-21-9-7-8-10-25(21)27(17-23)31(3,4)5;1-7-14(5,8-2)12(16)11-13(17)15(6,9-3)10-4;/h7-14,17-20H,6,15H2,1-5H3;11,16H,7-10H2,1-6H3;/q-1;;/b;12-11-;. The number of rotatable bonds is 11. The number of nitrogens with zero attached hydrogens (tertiary/aromatic N) is 2. The van der Waals surface area contributed by atoms with Crippen molar-refractivity contribution in [2.75, 3.05) is 0 Å². The molecule has 0 fully saturated rings. The van der Waals surface area contributed by atoms with Crippen molar-refractivity contribution in [1.82, 2.24) is 4.98 Å². The minimum atomic E-state index is -0.337. The van der Waals surface area contributed by atoms with Crippen molar-refractivity contribution in [3.05, 3.63) is 103 Å². The van der Waals surface area contributed by atoms with E-state index in [1.807, 2.05) is 64.8 Å². The SMILES string of the molecule is CCC(C)(CC)C(=O)/C=C(\O)C(C)(CC)CC.[CH2-][n+]1ccc(-c2nccc3c(CC(C)C)coc23)cc1-c1[c-]c2ccccc2c(C(C)(C)C)c1.[Ir]. The van der Waals surface area contributed by atoms with Gasteiger partial charge in [0.1, 0.15) is 17.1 Å². The van der Waals surface area contributed by atoms with E-state index in [4.69, 9.17) is 9.40 Å². The number of ketones is 1. The van der Waals surface area contributed by atoms with Crippen molar-refractivity contribution in [2.45, 2.75) is 114 Å². The summed E-state index contributed by atoms with van der Waals surface area (Å²) in [6.45, 7) is 23.3. The second kappa shape index (κ2) is 17.4. The molecule has 3 heterocycles. The zero-order valence-electron chi connectivity index (χ0n) is 33.2. The first-order valence-electron chi connectivity index (χ1n) is 18.6. The number of hydrogen-bond acceptors (Lipinski definition) is 4. The van der Waals surface area contributed by atoms with Gasteiger partial charge in [0.2, 0.25) is 0 Å². The van der Waals surface area contributed by atoms with E-state index >= 15 is 0 Å². The van der Waals surface area contributed by atoms with Crippen LogP contribution in [-0.2, 0) is 36.7 Å². The smallest absolute Gasteiger partial charge is 0.164 e. The summed E-state index contributed by atoms with van der Waals surface area (Å²) < 4.78 is 7.95. The van der Waals surface area contributed by atoms with Gasteiger partial charge in [0.25, 0.3) is 0 Å². The van der Waals surface area contributed by atoms with Gasteiger partial charge in [-0.1, -0.05) is 105 Å². The Morgan fingerprint density at radius 1 is 0.942 bits per heavy atom. The molecule has 5 nitrogen and oxygen atoms in total. The van der Waals surface area contributed by atoms with Gasteiger partial charge in [0.15, 0.2) is 11.4 Å². The number of furan rings is 1. The predicted molar refractivity (Wildman–Crippen MR) is 213 cm³/mol. The molecule has 0 bridgehead atoms. The third-order valence-corrected chi connectivity index (χ3v) is 11.0. The van der Waals surface area contributed by atoms with Crippen LogP contribution in [-0.4, -0.2) is 15.9 Å². The Morgan fingerprint density at radius 3 is 2.17 bits per heavy atom. The number of hydrogen-bond donors (Lipinski definition) is 1. The molecule has 0 saturated carbocycles. The van der Waals surface area contributed by atoms with E-state index in [9.17, 15) is 9.90 Å². The van der Waals surface area contributed by atoms with Crippen LogP contribution in [0.25, 0.3) is 44.3 Å². The molecular formula is C46H59IrN2O3-. The number of benzene rings is 2. The molecule has 0 aliphatic heterocycles. The van der Waals surface area contributed by atoms with E-state index in [1.165, 1.54) is 22.6 Å². The Hall–Kier alpha value is -3.73. The quantitative estimate of drug-likeness (QED) is 0.0621. The zero-order chi connectivity index (χ0) is 37.7. The van der Waals surface area contributed by atoms with E-state index in [0.29, 0.717) is 5.92 Å². The van der Waals surface area contributed by atoms with Crippen LogP contribution >= 0.6 is 0 Å². The summed E-state index contributed by atoms with van der Waals surface area (Å²) in [5, 5.41) is 13.6. The maximum Gasteiger partial charge on any atom is 0.164 e. The topological polar surface area (TPSA) is 67.2 Å². The Kier molecular flexibility index (Phi) is 14.3. The fraction of sp³-hybridized carbons (Fsp3) is 0.435. The van der Waals surface area contributed by atoms with Crippen molar-refractivity contribution >= 4 is 27.5 Å². The second-order valence-electron chi connectivity index (χ2n) is 16.0. The number of aliphatic hydroxyl groups is 1. The van der Waals surface area contributed by atoms with Crippen molar-refractivity contribution in [2.24, 2.45) is 16.7 Å². The van der Waals surface area contributed by atoms with Crippen LogP contribution < -0.4 is 4.57 Å². The molecule has 0 aliphatic rings. The van der Waals surface area contributed by atoms with Gasteiger partial charge in [-0.2, -0.15) is 0 Å². The van der Waals surface area contributed by atoms with Crippen LogP contribution in [0.5, 0.6) is 0 Å². The Bertz CT molecular complexity index is 2010. The van der Waals surface area contributed by atoms with Gasteiger partial charge < -0.3 is 14.1 Å². The van der Waals surface area contributed by atoms with Crippen molar-refractivity contribution in [3.63, 3.8) is 0 Å². The largest absolute Gasteiger partial charge is 0.512 e. The Morgan fingerprint density at radius 2 is 1.58 bits per heavy atom. The van der Waals surface area contributed by atoms with Crippen LogP contribution in [0.3, 0.4) is 0 Å². The molecule has 5 aromatic rings. The van der Waals surface area contributed by atoms with E-state index in [0.717, 1.165) is 71.0 Å². The summed E-state index contributed by atoms with van der Waals surface area (Å²) in [6, 6.07) is 20.6. The van der Waals surface area contributed by atoms with Crippen molar-refractivity contribution in [3.8, 4) is 22.5 Å². The van der Waals surface area contributed by atoms with Gasteiger partial charge >= 0.3 is 0 Å². The molecule has 0 unspecified atom stereocenters. The zero-order valence-corrected chi connectivity index (χ0v) is 35.6. The molecule has 1 radical (unpaired) electrons. The number of fused-ring (bicyclic) bond motifs is 2. The molecule has 0 aliphatic carbocycles. The molecule has 5 rings (SSSR count). The van der Waals surface area contributed by atoms with E-state index in [1.54, 1.807) is 0 Å². The van der Waals surface area contributed by atoms with Crippen LogP contribution in [0, 0.1) is 29.9 Å². The van der Waals surface area contributed by atoms with Crippen molar-refractivity contribution < 1.29 is 39.0 Å². The Labute approximate surface area is 326 Å². The average Bonchev–Trinajstić information content (AvgIpc) is 3.52. The summed E-state index contributed by atoms with van der Waals surface area (Å²) in [7, 11) is 4.26. The molecule has 281 valence electrons. The molecule has 2 aromatic carbocycles. The number of carbonyl (C=O) groups excluding carboxylic acids is 1. The maximum absolute atomic E-state index is 12.2. The molecule has 0 saturated heterocycles. The molecule has 3 aromatic heterocycles. The summed E-state index contributed by atoms with van der Waals surface area (Å²) >= 11 is 0. The van der Waals surface area contributed by atoms with Crippen LogP contribution in [0.1, 0.15) is 113 Å².